The average molecular weight is 468 g/mol. The van der Waals surface area contributed by atoms with E-state index in [0.717, 1.165) is 29.1 Å². The smallest absolute Gasteiger partial charge is 0.228 e. The molecular formula is C25H26ClN3O2S. The van der Waals surface area contributed by atoms with Crippen molar-refractivity contribution in [3.05, 3.63) is 76.3 Å². The van der Waals surface area contributed by atoms with Crippen molar-refractivity contribution in [2.75, 3.05) is 26.2 Å². The number of carbonyl (C=O) groups excluding carboxylic acids is 2. The van der Waals surface area contributed by atoms with E-state index >= 15 is 0 Å². The third kappa shape index (κ3) is 5.75. The van der Waals surface area contributed by atoms with Crippen LogP contribution in [0, 0.1) is 0 Å². The summed E-state index contributed by atoms with van der Waals surface area (Å²) in [5.74, 6) is 0.231. The fourth-order valence-electron chi connectivity index (χ4n) is 3.87. The molecule has 32 heavy (non-hydrogen) atoms. The molecule has 2 heterocycles. The van der Waals surface area contributed by atoms with Crippen molar-refractivity contribution in [2.45, 2.75) is 25.7 Å². The van der Waals surface area contributed by atoms with Gasteiger partial charge in [-0.15, -0.1) is 11.3 Å². The maximum Gasteiger partial charge on any atom is 0.228 e. The van der Waals surface area contributed by atoms with Gasteiger partial charge in [0.1, 0.15) is 5.01 Å². The second-order valence-electron chi connectivity index (χ2n) is 7.90. The van der Waals surface area contributed by atoms with Crippen LogP contribution in [0.15, 0.2) is 60.0 Å². The Labute approximate surface area is 197 Å². The molecule has 2 aromatic carbocycles. The highest BCUT2D eigenvalue weighted by atomic mass is 35.5. The van der Waals surface area contributed by atoms with E-state index in [1.165, 1.54) is 16.9 Å². The molecule has 1 fully saturated rings. The molecule has 7 heteroatoms. The highest BCUT2D eigenvalue weighted by molar-refractivity contribution is 7.13. The molecule has 2 amide bonds. The monoisotopic (exact) mass is 467 g/mol. The van der Waals surface area contributed by atoms with Gasteiger partial charge in [-0.25, -0.2) is 4.98 Å². The lowest BCUT2D eigenvalue weighted by Gasteiger charge is -2.34. The van der Waals surface area contributed by atoms with Crippen molar-refractivity contribution in [2.24, 2.45) is 0 Å². The minimum Gasteiger partial charge on any atom is -0.339 e. The molecule has 1 saturated heterocycles. The Hall–Kier alpha value is -2.70. The number of amides is 2. The molecule has 0 N–H and O–H groups in total. The fraction of sp³-hybridized carbons (Fsp3) is 0.320. The zero-order valence-corrected chi connectivity index (χ0v) is 19.4. The molecule has 0 aliphatic carbocycles. The zero-order valence-electron chi connectivity index (χ0n) is 17.9. The van der Waals surface area contributed by atoms with Crippen LogP contribution in [0.3, 0.4) is 0 Å². The Balaban J connectivity index is 1.22. The first-order chi connectivity index (χ1) is 15.6. The first-order valence-corrected chi connectivity index (χ1v) is 12.1. The van der Waals surface area contributed by atoms with Gasteiger partial charge in [0.05, 0.1) is 17.1 Å². The van der Waals surface area contributed by atoms with Crippen molar-refractivity contribution >= 4 is 34.8 Å². The average Bonchev–Trinajstić information content (AvgIpc) is 3.28. The number of aryl methyl sites for hydroxylation is 1. The number of benzene rings is 2. The molecule has 3 aromatic rings. The fourth-order valence-corrected chi connectivity index (χ4v) is 5.00. The van der Waals surface area contributed by atoms with Gasteiger partial charge >= 0.3 is 0 Å². The van der Waals surface area contributed by atoms with Crippen molar-refractivity contribution in [1.82, 2.24) is 14.8 Å². The van der Waals surface area contributed by atoms with E-state index in [4.69, 9.17) is 11.6 Å². The predicted octanol–water partition coefficient (Wildman–Crippen LogP) is 4.70. The highest BCUT2D eigenvalue weighted by Gasteiger charge is 2.24. The maximum absolute atomic E-state index is 12.7. The van der Waals surface area contributed by atoms with Gasteiger partial charge in [0.2, 0.25) is 11.8 Å². The summed E-state index contributed by atoms with van der Waals surface area (Å²) in [5, 5.41) is 3.40. The molecule has 4 rings (SSSR count). The number of hydrogen-bond acceptors (Lipinski definition) is 4. The molecule has 0 unspecified atom stereocenters. The molecule has 0 atom stereocenters. The first kappa shape index (κ1) is 22.5. The predicted molar refractivity (Wildman–Crippen MR) is 129 cm³/mol. The summed E-state index contributed by atoms with van der Waals surface area (Å²) < 4.78 is 0. The van der Waals surface area contributed by atoms with E-state index in [1.54, 1.807) is 0 Å². The molecule has 0 radical (unpaired) electrons. The van der Waals surface area contributed by atoms with Gasteiger partial charge in [-0.2, -0.15) is 0 Å². The van der Waals surface area contributed by atoms with E-state index in [1.807, 2.05) is 57.6 Å². The van der Waals surface area contributed by atoms with Crippen LogP contribution in [0.1, 0.15) is 24.1 Å². The minimum absolute atomic E-state index is 0.0529. The lowest BCUT2D eigenvalue weighted by atomic mass is 10.1. The Kier molecular flexibility index (Phi) is 7.55. The molecule has 5 nitrogen and oxygen atoms in total. The minimum atomic E-state index is 0.0529. The van der Waals surface area contributed by atoms with Crippen molar-refractivity contribution in [3.63, 3.8) is 0 Å². The third-order valence-corrected chi connectivity index (χ3v) is 6.93. The lowest BCUT2D eigenvalue weighted by Crippen LogP contribution is -2.51. The molecule has 0 spiro atoms. The zero-order chi connectivity index (χ0) is 22.3. The van der Waals surface area contributed by atoms with Crippen LogP contribution in [0.5, 0.6) is 0 Å². The van der Waals surface area contributed by atoms with Crippen molar-refractivity contribution in [3.8, 4) is 10.6 Å². The van der Waals surface area contributed by atoms with Crippen LogP contribution in [-0.2, 0) is 22.4 Å². The summed E-state index contributed by atoms with van der Waals surface area (Å²) in [5.41, 5.74) is 2.90. The van der Waals surface area contributed by atoms with Gasteiger partial charge in [0, 0.05) is 43.5 Å². The number of aromatic nitrogens is 1. The Morgan fingerprint density at radius 1 is 0.906 bits per heavy atom. The van der Waals surface area contributed by atoms with Crippen molar-refractivity contribution < 1.29 is 9.59 Å². The summed E-state index contributed by atoms with van der Waals surface area (Å²) >= 11 is 7.75. The SMILES string of the molecule is O=C(CCCc1ccccc1)N1CCN(C(=O)Cc2csc(-c3ccccc3Cl)n2)CC1. The maximum atomic E-state index is 12.7. The summed E-state index contributed by atoms with van der Waals surface area (Å²) in [6.45, 7) is 2.34. The number of nitrogens with zero attached hydrogens (tertiary/aromatic N) is 3. The second kappa shape index (κ2) is 10.7. The largest absolute Gasteiger partial charge is 0.339 e. The van der Waals surface area contributed by atoms with Gasteiger partial charge in [-0.05, 0) is 24.5 Å². The van der Waals surface area contributed by atoms with Crippen LogP contribution >= 0.6 is 22.9 Å². The van der Waals surface area contributed by atoms with Gasteiger partial charge in [-0.3, -0.25) is 9.59 Å². The molecule has 166 valence electrons. The third-order valence-electron chi connectivity index (χ3n) is 5.67. The number of halogens is 1. The van der Waals surface area contributed by atoms with Gasteiger partial charge in [0.25, 0.3) is 0 Å². The van der Waals surface area contributed by atoms with E-state index in [2.05, 4.69) is 17.1 Å². The number of hydrogen-bond donors (Lipinski definition) is 0. The lowest BCUT2D eigenvalue weighted by molar-refractivity contribution is -0.139. The number of rotatable bonds is 7. The van der Waals surface area contributed by atoms with E-state index in [-0.39, 0.29) is 18.2 Å². The molecule has 1 aliphatic heterocycles. The summed E-state index contributed by atoms with van der Waals surface area (Å²) in [4.78, 5) is 33.6. The Morgan fingerprint density at radius 2 is 1.56 bits per heavy atom. The van der Waals surface area contributed by atoms with Crippen molar-refractivity contribution in [1.29, 1.82) is 0 Å². The van der Waals surface area contributed by atoms with Crippen LogP contribution in [-0.4, -0.2) is 52.8 Å². The van der Waals surface area contributed by atoms with Crippen LogP contribution in [0.2, 0.25) is 5.02 Å². The van der Waals surface area contributed by atoms with E-state index in [9.17, 15) is 9.59 Å². The Bertz CT molecular complexity index is 1060. The quantitative estimate of drug-likeness (QED) is 0.506. The highest BCUT2D eigenvalue weighted by Crippen LogP contribution is 2.30. The summed E-state index contributed by atoms with van der Waals surface area (Å²) in [6, 6.07) is 17.8. The number of piperazine rings is 1. The normalized spacial score (nSPS) is 13.9. The number of thiazole rings is 1. The molecule has 1 aromatic heterocycles. The standard InChI is InChI=1S/C25H26ClN3O2S/c26-22-11-5-4-10-21(22)25-27-20(18-32-25)17-24(31)29-15-13-28(14-16-29)23(30)12-6-9-19-7-2-1-3-8-19/h1-5,7-8,10-11,18H,6,9,12-17H2. The van der Waals surface area contributed by atoms with E-state index in [0.29, 0.717) is 37.6 Å². The van der Waals surface area contributed by atoms with Gasteiger partial charge in [0.15, 0.2) is 0 Å². The van der Waals surface area contributed by atoms with Crippen LogP contribution in [0.4, 0.5) is 0 Å². The van der Waals surface area contributed by atoms with Crippen LogP contribution in [0.25, 0.3) is 10.6 Å². The summed E-state index contributed by atoms with van der Waals surface area (Å²) in [7, 11) is 0. The van der Waals surface area contributed by atoms with Crippen LogP contribution < -0.4 is 0 Å². The number of carbonyl (C=O) groups is 2. The molecule has 0 bridgehead atoms. The second-order valence-corrected chi connectivity index (χ2v) is 9.17. The topological polar surface area (TPSA) is 53.5 Å². The Morgan fingerprint density at radius 3 is 2.28 bits per heavy atom. The van der Waals surface area contributed by atoms with Gasteiger partial charge < -0.3 is 9.80 Å². The summed E-state index contributed by atoms with van der Waals surface area (Å²) in [6.07, 6.45) is 2.58. The molecular weight excluding hydrogens is 442 g/mol. The molecule has 0 saturated carbocycles. The van der Waals surface area contributed by atoms with Gasteiger partial charge in [-0.1, -0.05) is 60.1 Å². The van der Waals surface area contributed by atoms with E-state index < -0.39 is 0 Å². The molecule has 1 aliphatic rings. The first-order valence-electron chi connectivity index (χ1n) is 10.9.